The molecule has 59 heavy (non-hydrogen) atoms. The van der Waals surface area contributed by atoms with Gasteiger partial charge in [0, 0.05) is 38.6 Å². The molecule has 2 heterocycles. The molecule has 0 bridgehead atoms. The molecule has 0 N–H and O–H groups in total. The van der Waals surface area contributed by atoms with Crippen LogP contribution in [0.1, 0.15) is 15.1 Å². The van der Waals surface area contributed by atoms with Gasteiger partial charge in [-0.2, -0.15) is 0 Å². The molecule has 3 heteroatoms. The molecule has 0 aliphatic rings. The van der Waals surface area contributed by atoms with Crippen LogP contribution in [0.3, 0.4) is 0 Å². The number of rotatable bonds is 6. The number of para-hydroxylation sites is 2. The first-order valence-corrected chi connectivity index (χ1v) is 19.3. The summed E-state index contributed by atoms with van der Waals surface area (Å²) in [6.07, 6.45) is 0. The number of nitrogens with zero attached hydrogens (tertiary/aromatic N) is 2. The minimum absolute atomic E-state index is 0.136. The minimum Gasteiger partial charge on any atom is -0.455 e. The van der Waals surface area contributed by atoms with Crippen LogP contribution < -0.4 is 4.90 Å². The predicted octanol–water partition coefficient (Wildman–Crippen LogP) is 15.8. The van der Waals surface area contributed by atoms with Crippen molar-refractivity contribution in [3.8, 4) is 27.9 Å². The van der Waals surface area contributed by atoms with Crippen molar-refractivity contribution in [3.63, 3.8) is 0 Å². The zero-order valence-electron chi connectivity index (χ0n) is 42.2. The Morgan fingerprint density at radius 2 is 1.15 bits per heavy atom. The summed E-state index contributed by atoms with van der Waals surface area (Å²) >= 11 is 0. The van der Waals surface area contributed by atoms with E-state index in [0.29, 0.717) is 27.9 Å². The Labute approximate surface area is 356 Å². The van der Waals surface area contributed by atoms with E-state index in [9.17, 15) is 5.48 Å². The summed E-state index contributed by atoms with van der Waals surface area (Å²) in [5, 5.41) is 4.90. The number of hydrogen-bond donors (Lipinski definition) is 0. The maximum atomic E-state index is 9.77. The Balaban J connectivity index is 1.08. The molecule has 0 saturated carbocycles. The Morgan fingerprint density at radius 3 is 1.97 bits per heavy atom. The molecule has 0 aliphatic heterocycles. The van der Waals surface area contributed by atoms with E-state index in [1.165, 1.54) is 0 Å². The third-order valence-corrected chi connectivity index (χ3v) is 11.1. The van der Waals surface area contributed by atoms with Crippen molar-refractivity contribution >= 4 is 82.4 Å². The molecule has 0 amide bonds. The van der Waals surface area contributed by atoms with E-state index in [2.05, 4.69) is 41.0 Å². The first-order valence-electron chi connectivity index (χ1n) is 24.8. The van der Waals surface area contributed by atoms with E-state index in [1.54, 1.807) is 11.0 Å². The largest absolute Gasteiger partial charge is 0.455 e. The molecular weight excluding hydrogens is 717 g/mol. The van der Waals surface area contributed by atoms with Crippen molar-refractivity contribution in [2.24, 2.45) is 0 Å². The van der Waals surface area contributed by atoms with Crippen LogP contribution in [0.5, 0.6) is 0 Å². The van der Waals surface area contributed by atoms with E-state index in [1.807, 2.05) is 109 Å². The van der Waals surface area contributed by atoms with Crippen LogP contribution in [0.15, 0.2) is 223 Å². The summed E-state index contributed by atoms with van der Waals surface area (Å²) in [7, 11) is 0. The number of fused-ring (bicyclic) bond motifs is 9. The van der Waals surface area contributed by atoms with Crippen LogP contribution in [-0.4, -0.2) is 4.57 Å². The van der Waals surface area contributed by atoms with Gasteiger partial charge in [-0.25, -0.2) is 0 Å². The molecule has 12 aromatic rings. The zero-order valence-corrected chi connectivity index (χ0v) is 31.2. The van der Waals surface area contributed by atoms with Crippen molar-refractivity contribution in [1.82, 2.24) is 4.57 Å². The van der Waals surface area contributed by atoms with Crippen LogP contribution in [0.25, 0.3) is 93.2 Å². The van der Waals surface area contributed by atoms with Crippen molar-refractivity contribution in [2.45, 2.75) is 0 Å². The van der Waals surface area contributed by atoms with Crippen LogP contribution >= 0.6 is 0 Å². The van der Waals surface area contributed by atoms with Crippen LogP contribution in [-0.2, 0) is 0 Å². The maximum absolute atomic E-state index is 9.77. The Morgan fingerprint density at radius 1 is 0.441 bits per heavy atom. The number of hydrogen-bond acceptors (Lipinski definition) is 2. The van der Waals surface area contributed by atoms with E-state index in [4.69, 9.17) is 14.0 Å². The van der Waals surface area contributed by atoms with Crippen LogP contribution in [0, 0.1) is 0 Å². The highest BCUT2D eigenvalue weighted by Crippen LogP contribution is 2.45. The number of furan rings is 1. The SMILES string of the molecule is [2H]c1c([2H])c(N(c2ccc(-c3cccc(-n4c5ccccc5c5ccccc54)c3)cc2)c2cccc3oc4c5ccccc5ccc4c23)c([2H])c([2H])c1-c1c([2H])c([2H])c([2H])c2c([2H])c([2H])c([2H])c([2H])c12. The molecule has 0 radical (unpaired) electrons. The summed E-state index contributed by atoms with van der Waals surface area (Å²) < 4.78 is 108. The average Bonchev–Trinajstić information content (AvgIpc) is 3.95. The number of aromatic nitrogens is 1. The van der Waals surface area contributed by atoms with E-state index >= 15 is 0 Å². The standard InChI is InChI=1S/C56H36N2O/c1-3-17-45-38(12-1)14-10-21-46(45)40-28-33-43(34-29-40)57(53-24-11-25-54-55(53)50-35-30-39-13-2-4-18-47(39)56(50)59-54)42-31-26-37(27-32-42)41-15-9-16-44(36-41)58-51-22-7-5-19-48(51)49-20-6-8-23-52(49)58/h1-36H/i1D,3D,10D,12D,14D,17D,21D,28D,29D,33D,34D. The van der Waals surface area contributed by atoms with Gasteiger partial charge >= 0.3 is 0 Å². The molecule has 2 aromatic heterocycles. The molecular formula is C56H36N2O. The molecule has 3 nitrogen and oxygen atoms in total. The number of benzene rings is 10. The summed E-state index contributed by atoms with van der Waals surface area (Å²) in [5.41, 5.74) is 6.15. The summed E-state index contributed by atoms with van der Waals surface area (Å²) in [5.74, 6) is 0. The van der Waals surface area contributed by atoms with Gasteiger partial charge in [-0.05, 0) is 105 Å². The molecule has 0 unspecified atom stereocenters. The number of anilines is 3. The molecule has 0 fully saturated rings. The molecule has 0 atom stereocenters. The fourth-order valence-corrected chi connectivity index (χ4v) is 8.48. The predicted molar refractivity (Wildman–Crippen MR) is 249 cm³/mol. The van der Waals surface area contributed by atoms with Gasteiger partial charge in [-0.3, -0.25) is 0 Å². The Hall–Kier alpha value is -7.88. The first kappa shape index (κ1) is 24.0. The molecule has 0 spiro atoms. The van der Waals surface area contributed by atoms with Crippen LogP contribution in [0.4, 0.5) is 17.1 Å². The Kier molecular flexibility index (Phi) is 5.44. The van der Waals surface area contributed by atoms with Gasteiger partial charge in [0.25, 0.3) is 0 Å². The minimum atomic E-state index is -0.679. The molecule has 0 saturated heterocycles. The van der Waals surface area contributed by atoms with Crippen molar-refractivity contribution in [1.29, 1.82) is 0 Å². The van der Waals surface area contributed by atoms with Crippen LogP contribution in [0.2, 0.25) is 0 Å². The van der Waals surface area contributed by atoms with Gasteiger partial charge in [0.1, 0.15) is 11.2 Å². The first-order chi connectivity index (χ1) is 33.8. The summed E-state index contributed by atoms with van der Waals surface area (Å²) in [6, 6.07) is 43.2. The second kappa shape index (κ2) is 13.4. The monoisotopic (exact) mass is 763 g/mol. The normalized spacial score (nSPS) is 14.3. The lowest BCUT2D eigenvalue weighted by Gasteiger charge is -2.27. The maximum Gasteiger partial charge on any atom is 0.143 e. The van der Waals surface area contributed by atoms with Crippen molar-refractivity contribution in [2.75, 3.05) is 4.90 Å². The van der Waals surface area contributed by atoms with Gasteiger partial charge in [-0.1, -0.05) is 151 Å². The smallest absolute Gasteiger partial charge is 0.143 e. The van der Waals surface area contributed by atoms with E-state index < -0.39 is 72.0 Å². The highest BCUT2D eigenvalue weighted by atomic mass is 16.3. The third-order valence-electron chi connectivity index (χ3n) is 11.1. The van der Waals surface area contributed by atoms with Gasteiger partial charge in [0.05, 0.1) is 37.2 Å². The second-order valence-corrected chi connectivity index (χ2v) is 14.4. The summed E-state index contributed by atoms with van der Waals surface area (Å²) in [4.78, 5) is 1.67. The summed E-state index contributed by atoms with van der Waals surface area (Å²) in [6.45, 7) is 0. The molecule has 0 aliphatic carbocycles. The molecule has 10 aromatic carbocycles. The topological polar surface area (TPSA) is 21.3 Å². The highest BCUT2D eigenvalue weighted by molar-refractivity contribution is 6.19. The van der Waals surface area contributed by atoms with Gasteiger partial charge in [0.15, 0.2) is 0 Å². The lowest BCUT2D eigenvalue weighted by atomic mass is 9.98. The van der Waals surface area contributed by atoms with Gasteiger partial charge < -0.3 is 13.9 Å². The molecule has 12 rings (SSSR count). The van der Waals surface area contributed by atoms with E-state index in [-0.39, 0.29) is 22.0 Å². The fourth-order valence-electron chi connectivity index (χ4n) is 8.48. The third kappa shape index (κ3) is 5.36. The van der Waals surface area contributed by atoms with E-state index in [0.717, 1.165) is 54.8 Å². The lowest BCUT2D eigenvalue weighted by Crippen LogP contribution is -2.10. The fraction of sp³-hybridized carbons (Fsp3) is 0. The van der Waals surface area contributed by atoms with Crippen molar-refractivity contribution < 1.29 is 19.5 Å². The lowest BCUT2D eigenvalue weighted by molar-refractivity contribution is 0.672. The van der Waals surface area contributed by atoms with Crippen molar-refractivity contribution in [3.05, 3.63) is 218 Å². The highest BCUT2D eigenvalue weighted by Gasteiger charge is 2.21. The Bertz CT molecular complexity index is 4130. The average molecular weight is 764 g/mol. The molecule has 276 valence electrons. The van der Waals surface area contributed by atoms with Gasteiger partial charge in [-0.15, -0.1) is 0 Å². The second-order valence-electron chi connectivity index (χ2n) is 14.4. The zero-order chi connectivity index (χ0) is 48.4. The van der Waals surface area contributed by atoms with Gasteiger partial charge in [0.2, 0.25) is 0 Å². The quantitative estimate of drug-likeness (QED) is 0.168.